The normalized spacial score (nSPS) is 12.6. The van der Waals surface area contributed by atoms with Crippen LogP contribution in [0.3, 0.4) is 0 Å². The van der Waals surface area contributed by atoms with Gasteiger partial charge in [0.15, 0.2) is 0 Å². The zero-order valence-corrected chi connectivity index (χ0v) is 23.8. The van der Waals surface area contributed by atoms with Gasteiger partial charge in [-0.3, -0.25) is 0 Å². The fraction of sp³-hybridized carbons (Fsp3) is 1.00. The van der Waals surface area contributed by atoms with Gasteiger partial charge in [-0.2, -0.15) is 0 Å². The Morgan fingerprint density at radius 2 is 0.645 bits per heavy atom. The van der Waals surface area contributed by atoms with E-state index < -0.39 is 17.6 Å². The number of hydrogen-bond acceptors (Lipinski definition) is 5. The molecule has 5 nitrogen and oxygen atoms in total. The fourth-order valence-corrected chi connectivity index (χ4v) is 10.9. The first-order chi connectivity index (χ1) is 15.1. The van der Waals surface area contributed by atoms with Gasteiger partial charge in [0.1, 0.15) is 0 Å². The topological polar surface area (TPSA) is 46.2 Å². The van der Waals surface area contributed by atoms with Crippen molar-refractivity contribution in [2.45, 2.75) is 131 Å². The van der Waals surface area contributed by atoms with Crippen LogP contribution in [0.4, 0.5) is 0 Å². The predicted octanol–water partition coefficient (Wildman–Crippen LogP) is 7.75. The first-order valence-corrected chi connectivity index (χ1v) is 17.2. The molecule has 0 bridgehead atoms. The average Bonchev–Trinajstić information content (AvgIpc) is 2.77. The van der Waals surface area contributed by atoms with Crippen LogP contribution in [0.25, 0.3) is 0 Å². The predicted molar refractivity (Wildman–Crippen MR) is 135 cm³/mol. The number of hydrogen-bond donors (Lipinski definition) is 0. The van der Waals surface area contributed by atoms with E-state index in [1.165, 1.54) is 0 Å². The highest BCUT2D eigenvalue weighted by Gasteiger charge is 2.53. The van der Waals surface area contributed by atoms with Crippen LogP contribution in [-0.2, 0) is 21.8 Å². The van der Waals surface area contributed by atoms with E-state index in [1.807, 2.05) is 0 Å². The molecule has 0 N–H and O–H groups in total. The van der Waals surface area contributed by atoms with E-state index in [1.54, 1.807) is 0 Å². The SMILES string of the molecule is CCCCO[Si](CCCC)(OCCCC)O[Si](CCCC)(OCCCC)OCCCC. The maximum absolute atomic E-state index is 7.01. The van der Waals surface area contributed by atoms with Crippen LogP contribution in [0, 0.1) is 0 Å². The van der Waals surface area contributed by atoms with E-state index in [0.29, 0.717) is 26.4 Å². The molecule has 0 aliphatic carbocycles. The molecular formula is C24H54O5Si2. The van der Waals surface area contributed by atoms with Gasteiger partial charge in [-0.1, -0.05) is 80.1 Å². The van der Waals surface area contributed by atoms with E-state index in [2.05, 4.69) is 41.5 Å². The number of unbranched alkanes of at least 4 members (excludes halogenated alkanes) is 6. The van der Waals surface area contributed by atoms with Crippen molar-refractivity contribution in [3.05, 3.63) is 0 Å². The van der Waals surface area contributed by atoms with Crippen LogP contribution in [0.1, 0.15) is 119 Å². The summed E-state index contributed by atoms with van der Waals surface area (Å²) in [6.07, 6.45) is 12.8. The van der Waals surface area contributed by atoms with Gasteiger partial charge in [0.25, 0.3) is 0 Å². The quantitative estimate of drug-likeness (QED) is 0.105. The molecule has 31 heavy (non-hydrogen) atoms. The highest BCUT2D eigenvalue weighted by Crippen LogP contribution is 2.30. The lowest BCUT2D eigenvalue weighted by Crippen LogP contribution is -2.59. The van der Waals surface area contributed by atoms with Crippen LogP contribution in [0.15, 0.2) is 0 Å². The summed E-state index contributed by atoms with van der Waals surface area (Å²) in [5.74, 6) is 0. The van der Waals surface area contributed by atoms with Crippen molar-refractivity contribution >= 4 is 17.6 Å². The summed E-state index contributed by atoms with van der Waals surface area (Å²) in [4.78, 5) is 0. The molecule has 0 unspecified atom stereocenters. The Morgan fingerprint density at radius 3 is 0.871 bits per heavy atom. The fourth-order valence-electron chi connectivity index (χ4n) is 3.10. The van der Waals surface area contributed by atoms with Crippen LogP contribution in [-0.4, -0.2) is 44.0 Å². The zero-order valence-electron chi connectivity index (χ0n) is 21.8. The Morgan fingerprint density at radius 1 is 0.387 bits per heavy atom. The second kappa shape index (κ2) is 20.8. The Kier molecular flexibility index (Phi) is 21.0. The highest BCUT2D eigenvalue weighted by atomic mass is 28.5. The van der Waals surface area contributed by atoms with Gasteiger partial charge in [-0.15, -0.1) is 0 Å². The molecule has 0 aromatic rings. The maximum atomic E-state index is 7.01. The summed E-state index contributed by atoms with van der Waals surface area (Å²) in [6, 6.07) is 1.71. The lowest BCUT2D eigenvalue weighted by atomic mass is 10.4. The molecule has 0 amide bonds. The summed E-state index contributed by atoms with van der Waals surface area (Å²) in [5.41, 5.74) is 0. The van der Waals surface area contributed by atoms with E-state index in [-0.39, 0.29) is 0 Å². The third-order valence-electron chi connectivity index (χ3n) is 5.26. The molecule has 0 aromatic heterocycles. The summed E-state index contributed by atoms with van der Waals surface area (Å²) < 4.78 is 33.1. The molecule has 188 valence electrons. The molecule has 0 spiro atoms. The minimum atomic E-state index is -2.89. The van der Waals surface area contributed by atoms with Crippen molar-refractivity contribution in [2.75, 3.05) is 26.4 Å². The van der Waals surface area contributed by atoms with Crippen molar-refractivity contribution in [2.24, 2.45) is 0 Å². The van der Waals surface area contributed by atoms with Gasteiger partial charge in [0.05, 0.1) is 0 Å². The molecule has 0 heterocycles. The minimum absolute atomic E-state index is 0.695. The lowest BCUT2D eigenvalue weighted by molar-refractivity contribution is 0.0378. The molecule has 0 rings (SSSR count). The molecular weight excluding hydrogens is 424 g/mol. The molecule has 0 saturated carbocycles. The molecule has 0 aliphatic rings. The van der Waals surface area contributed by atoms with Crippen LogP contribution in [0.5, 0.6) is 0 Å². The van der Waals surface area contributed by atoms with Gasteiger partial charge in [0.2, 0.25) is 0 Å². The summed E-state index contributed by atoms with van der Waals surface area (Å²) in [7, 11) is -5.77. The maximum Gasteiger partial charge on any atom is 0.493 e. The summed E-state index contributed by atoms with van der Waals surface area (Å²) in [5, 5.41) is 0. The van der Waals surface area contributed by atoms with Crippen LogP contribution < -0.4 is 0 Å². The molecule has 0 fully saturated rings. The molecule has 0 aliphatic heterocycles. The molecule has 0 atom stereocenters. The standard InChI is InChI=1S/C24H54O5Si2/c1-7-13-19-25-30(23-17-11-5,26-20-14-8-2)29-31(24-18-12-6,27-21-15-9-3)28-22-16-10-4/h7-24H2,1-6H3. The average molecular weight is 479 g/mol. The second-order valence-corrected chi connectivity index (χ2v) is 14.2. The third kappa shape index (κ3) is 14.9. The molecule has 0 radical (unpaired) electrons. The lowest BCUT2D eigenvalue weighted by Gasteiger charge is -2.39. The second-order valence-electron chi connectivity index (χ2n) is 8.48. The Bertz CT molecular complexity index is 331. The zero-order chi connectivity index (χ0) is 23.3. The Labute approximate surface area is 196 Å². The molecule has 0 aromatic carbocycles. The number of rotatable bonds is 24. The Balaban J connectivity index is 5.81. The van der Waals surface area contributed by atoms with E-state index in [9.17, 15) is 0 Å². The first kappa shape index (κ1) is 31.2. The summed E-state index contributed by atoms with van der Waals surface area (Å²) >= 11 is 0. The highest BCUT2D eigenvalue weighted by molar-refractivity contribution is 6.75. The van der Waals surface area contributed by atoms with E-state index in [4.69, 9.17) is 21.8 Å². The van der Waals surface area contributed by atoms with Gasteiger partial charge in [0, 0.05) is 38.5 Å². The smallest absolute Gasteiger partial charge is 0.374 e. The van der Waals surface area contributed by atoms with Gasteiger partial charge < -0.3 is 21.8 Å². The van der Waals surface area contributed by atoms with Gasteiger partial charge >= 0.3 is 17.6 Å². The van der Waals surface area contributed by atoms with Crippen molar-refractivity contribution in [1.82, 2.24) is 0 Å². The summed E-state index contributed by atoms with van der Waals surface area (Å²) in [6.45, 7) is 16.0. The van der Waals surface area contributed by atoms with Crippen LogP contribution >= 0.6 is 0 Å². The monoisotopic (exact) mass is 478 g/mol. The van der Waals surface area contributed by atoms with Gasteiger partial charge in [-0.05, 0) is 38.5 Å². The van der Waals surface area contributed by atoms with Crippen LogP contribution in [0.2, 0.25) is 12.1 Å². The first-order valence-electron chi connectivity index (χ1n) is 13.3. The van der Waals surface area contributed by atoms with E-state index in [0.717, 1.165) is 89.1 Å². The van der Waals surface area contributed by atoms with Crippen molar-refractivity contribution in [3.8, 4) is 0 Å². The molecule has 7 heteroatoms. The van der Waals surface area contributed by atoms with Crippen molar-refractivity contribution in [1.29, 1.82) is 0 Å². The minimum Gasteiger partial charge on any atom is -0.374 e. The third-order valence-corrected chi connectivity index (χ3v) is 12.3. The largest absolute Gasteiger partial charge is 0.493 e. The van der Waals surface area contributed by atoms with Crippen molar-refractivity contribution in [3.63, 3.8) is 0 Å². The van der Waals surface area contributed by atoms with Crippen molar-refractivity contribution < 1.29 is 21.8 Å². The Hall–Kier alpha value is 0.234. The molecule has 0 saturated heterocycles. The van der Waals surface area contributed by atoms with E-state index >= 15 is 0 Å². The van der Waals surface area contributed by atoms with Gasteiger partial charge in [-0.25, -0.2) is 0 Å².